The molecule has 0 aromatic heterocycles. The molecule has 0 aliphatic carbocycles. The molecule has 0 aromatic rings. The van der Waals surface area contributed by atoms with E-state index in [-0.39, 0.29) is 5.91 Å². The van der Waals surface area contributed by atoms with E-state index in [1.165, 1.54) is 0 Å². The van der Waals surface area contributed by atoms with Crippen LogP contribution in [-0.2, 0) is 9.53 Å². The summed E-state index contributed by atoms with van der Waals surface area (Å²) < 4.78 is 4.99. The molecule has 0 saturated carbocycles. The van der Waals surface area contributed by atoms with Crippen molar-refractivity contribution in [3.8, 4) is 0 Å². The van der Waals surface area contributed by atoms with Crippen LogP contribution in [0.15, 0.2) is 0 Å². The number of amides is 1. The van der Waals surface area contributed by atoms with Gasteiger partial charge in [-0.05, 0) is 12.8 Å². The molecule has 1 fully saturated rings. The number of rotatable bonds is 7. The monoisotopic (exact) mass is 258 g/mol. The van der Waals surface area contributed by atoms with Crippen LogP contribution >= 0.6 is 0 Å². The third kappa shape index (κ3) is 4.23. The fourth-order valence-corrected chi connectivity index (χ4v) is 2.22. The normalized spacial score (nSPS) is 18.4. The van der Waals surface area contributed by atoms with E-state index in [4.69, 9.17) is 4.74 Å². The summed E-state index contributed by atoms with van der Waals surface area (Å²) in [6, 6.07) is 0. The minimum Gasteiger partial charge on any atom is -0.389 e. The number of carbonyl (C=O) groups is 1. The van der Waals surface area contributed by atoms with E-state index in [0.29, 0.717) is 26.2 Å². The summed E-state index contributed by atoms with van der Waals surface area (Å²) in [6.45, 7) is 7.77. The Kier molecular flexibility index (Phi) is 6.05. The van der Waals surface area contributed by atoms with Gasteiger partial charge >= 0.3 is 0 Å². The van der Waals surface area contributed by atoms with Crippen LogP contribution < -0.4 is 0 Å². The van der Waals surface area contributed by atoms with Gasteiger partial charge in [-0.25, -0.2) is 0 Å². The van der Waals surface area contributed by atoms with Crippen molar-refractivity contribution in [3.05, 3.63) is 0 Å². The van der Waals surface area contributed by atoms with Crippen LogP contribution in [0.3, 0.4) is 0 Å². The molecule has 1 heterocycles. The minimum atomic E-state index is -0.658. The molecule has 0 unspecified atom stereocenters. The molecule has 0 radical (unpaired) electrons. The molecule has 1 aliphatic rings. The van der Waals surface area contributed by atoms with Gasteiger partial charge < -0.3 is 14.7 Å². The maximum atomic E-state index is 11.9. The zero-order valence-electron chi connectivity index (χ0n) is 11.8. The SMILES string of the molecule is CCC(O)(CC)CN1CCN(CCOC)C(=O)C1. The van der Waals surface area contributed by atoms with E-state index in [1.807, 2.05) is 18.7 Å². The molecule has 0 atom stereocenters. The molecule has 1 aliphatic heterocycles. The highest BCUT2D eigenvalue weighted by atomic mass is 16.5. The van der Waals surface area contributed by atoms with Crippen molar-refractivity contribution in [1.29, 1.82) is 0 Å². The fraction of sp³-hybridized carbons (Fsp3) is 0.923. The summed E-state index contributed by atoms with van der Waals surface area (Å²) in [4.78, 5) is 15.8. The lowest BCUT2D eigenvalue weighted by atomic mass is 9.96. The molecule has 0 spiro atoms. The van der Waals surface area contributed by atoms with Crippen LogP contribution in [0.2, 0.25) is 0 Å². The Labute approximate surface area is 110 Å². The van der Waals surface area contributed by atoms with Crippen LogP contribution in [0, 0.1) is 0 Å². The molecular weight excluding hydrogens is 232 g/mol. The maximum absolute atomic E-state index is 11.9. The molecule has 5 nitrogen and oxygen atoms in total. The van der Waals surface area contributed by atoms with Gasteiger partial charge in [0.25, 0.3) is 0 Å². The van der Waals surface area contributed by atoms with E-state index >= 15 is 0 Å². The second-order valence-electron chi connectivity index (χ2n) is 5.02. The van der Waals surface area contributed by atoms with Crippen LogP contribution in [0.25, 0.3) is 0 Å². The highest BCUT2D eigenvalue weighted by molar-refractivity contribution is 5.79. The molecule has 1 amide bonds. The van der Waals surface area contributed by atoms with E-state index in [0.717, 1.165) is 25.9 Å². The number of β-amino-alcohol motifs (C(OH)–C–C–N with tert-alkyl or cyclic N) is 1. The highest BCUT2D eigenvalue weighted by Crippen LogP contribution is 2.17. The average Bonchev–Trinajstić information content (AvgIpc) is 2.37. The second-order valence-corrected chi connectivity index (χ2v) is 5.02. The molecule has 106 valence electrons. The Balaban J connectivity index is 2.43. The molecule has 0 aromatic carbocycles. The lowest BCUT2D eigenvalue weighted by Gasteiger charge is -2.38. The predicted molar refractivity (Wildman–Crippen MR) is 70.4 cm³/mol. The first-order valence-corrected chi connectivity index (χ1v) is 6.76. The first-order chi connectivity index (χ1) is 8.54. The first kappa shape index (κ1) is 15.4. The van der Waals surface area contributed by atoms with Crippen molar-refractivity contribution in [2.45, 2.75) is 32.3 Å². The second kappa shape index (κ2) is 7.07. The van der Waals surface area contributed by atoms with Crippen molar-refractivity contribution in [3.63, 3.8) is 0 Å². The highest BCUT2D eigenvalue weighted by Gasteiger charge is 2.30. The first-order valence-electron chi connectivity index (χ1n) is 6.76. The quantitative estimate of drug-likeness (QED) is 0.715. The molecule has 0 bridgehead atoms. The number of nitrogens with zero attached hydrogens (tertiary/aromatic N) is 2. The molecular formula is C13H26N2O3. The number of carbonyl (C=O) groups excluding carboxylic acids is 1. The molecule has 1 rings (SSSR count). The van der Waals surface area contributed by atoms with Gasteiger partial charge in [0, 0.05) is 33.3 Å². The van der Waals surface area contributed by atoms with E-state index < -0.39 is 5.60 Å². The van der Waals surface area contributed by atoms with Gasteiger partial charge in [0.15, 0.2) is 0 Å². The Morgan fingerprint density at radius 2 is 2.00 bits per heavy atom. The zero-order chi connectivity index (χ0) is 13.6. The lowest BCUT2D eigenvalue weighted by Crippen LogP contribution is -2.54. The minimum absolute atomic E-state index is 0.132. The number of aliphatic hydroxyl groups is 1. The van der Waals surface area contributed by atoms with Gasteiger partial charge in [-0.15, -0.1) is 0 Å². The molecule has 5 heteroatoms. The van der Waals surface area contributed by atoms with Crippen molar-refractivity contribution in [2.24, 2.45) is 0 Å². The third-order valence-corrected chi connectivity index (χ3v) is 3.80. The van der Waals surface area contributed by atoms with Crippen molar-refractivity contribution in [2.75, 3.05) is 46.4 Å². The molecule has 18 heavy (non-hydrogen) atoms. The van der Waals surface area contributed by atoms with E-state index in [9.17, 15) is 9.90 Å². The van der Waals surface area contributed by atoms with Crippen LogP contribution in [0.1, 0.15) is 26.7 Å². The summed E-state index contributed by atoms with van der Waals surface area (Å²) in [5.74, 6) is 0.132. The topological polar surface area (TPSA) is 53.0 Å². The van der Waals surface area contributed by atoms with Gasteiger partial charge in [-0.1, -0.05) is 13.8 Å². The number of piperazine rings is 1. The third-order valence-electron chi connectivity index (χ3n) is 3.80. The Bertz CT molecular complexity index is 267. The van der Waals surface area contributed by atoms with Crippen molar-refractivity contribution >= 4 is 5.91 Å². The Morgan fingerprint density at radius 1 is 1.33 bits per heavy atom. The fourth-order valence-electron chi connectivity index (χ4n) is 2.22. The Hall–Kier alpha value is -0.650. The molecule has 1 saturated heterocycles. The number of hydrogen-bond acceptors (Lipinski definition) is 4. The van der Waals surface area contributed by atoms with Gasteiger partial charge in [0.05, 0.1) is 18.8 Å². The summed E-state index contributed by atoms with van der Waals surface area (Å²) >= 11 is 0. The zero-order valence-corrected chi connectivity index (χ0v) is 11.8. The summed E-state index contributed by atoms with van der Waals surface area (Å²) in [5.41, 5.74) is -0.658. The largest absolute Gasteiger partial charge is 0.389 e. The van der Waals surface area contributed by atoms with Crippen molar-refractivity contribution in [1.82, 2.24) is 9.80 Å². The van der Waals surface area contributed by atoms with Gasteiger partial charge in [-0.2, -0.15) is 0 Å². The summed E-state index contributed by atoms with van der Waals surface area (Å²) in [5, 5.41) is 10.3. The number of ether oxygens (including phenoxy) is 1. The number of methoxy groups -OCH3 is 1. The summed E-state index contributed by atoms with van der Waals surface area (Å²) in [6.07, 6.45) is 1.45. The van der Waals surface area contributed by atoms with Gasteiger partial charge in [-0.3, -0.25) is 9.69 Å². The van der Waals surface area contributed by atoms with Crippen LogP contribution in [-0.4, -0.2) is 72.9 Å². The van der Waals surface area contributed by atoms with Crippen LogP contribution in [0.4, 0.5) is 0 Å². The summed E-state index contributed by atoms with van der Waals surface area (Å²) in [7, 11) is 1.64. The van der Waals surface area contributed by atoms with Gasteiger partial charge in [0.2, 0.25) is 5.91 Å². The lowest BCUT2D eigenvalue weighted by molar-refractivity contribution is -0.138. The van der Waals surface area contributed by atoms with E-state index in [2.05, 4.69) is 4.90 Å². The average molecular weight is 258 g/mol. The van der Waals surface area contributed by atoms with E-state index in [1.54, 1.807) is 7.11 Å². The van der Waals surface area contributed by atoms with Gasteiger partial charge in [0.1, 0.15) is 0 Å². The Morgan fingerprint density at radius 3 is 2.50 bits per heavy atom. The standard InChI is InChI=1S/C13H26N2O3/c1-4-13(17,5-2)11-14-6-7-15(8-9-18-3)12(16)10-14/h17H,4-11H2,1-3H3. The number of hydrogen-bond donors (Lipinski definition) is 1. The predicted octanol–water partition coefficient (Wildman–Crippen LogP) is 0.328. The van der Waals surface area contributed by atoms with Crippen LogP contribution in [0.5, 0.6) is 0 Å². The molecule has 1 N–H and O–H groups in total. The maximum Gasteiger partial charge on any atom is 0.236 e. The van der Waals surface area contributed by atoms with Crippen molar-refractivity contribution < 1.29 is 14.6 Å². The smallest absolute Gasteiger partial charge is 0.236 e.